The van der Waals surface area contributed by atoms with Gasteiger partial charge in [0.15, 0.2) is 0 Å². The van der Waals surface area contributed by atoms with Gasteiger partial charge in [0.2, 0.25) is 11.8 Å². The number of pyridine rings is 2. The molecule has 0 radical (unpaired) electrons. The number of likely N-dealkylation sites (tertiary alicyclic amines) is 1. The first-order valence-corrected chi connectivity index (χ1v) is 31.8. The zero-order valence-corrected chi connectivity index (χ0v) is 50.2. The van der Waals surface area contributed by atoms with Crippen LogP contribution in [0, 0.1) is 11.8 Å². The summed E-state index contributed by atoms with van der Waals surface area (Å²) in [5, 5.41) is 22.9. The van der Waals surface area contributed by atoms with Crippen molar-refractivity contribution in [3.05, 3.63) is 217 Å². The SMILES string of the molecule is O=C(NC(CCCc1ccccc1)CCCc1ccccc1)C1CCN(C[C@@H](O)COc2cccc3ncccc23)CC1.O=C(NC(CCCc1ccccc1)CCCc1ccccc1)C1CCNCC1.c1cc(OC[C@H]2CO2)c2cccnc2c1. The predicted molar refractivity (Wildman–Crippen MR) is 346 cm³/mol. The van der Waals surface area contributed by atoms with Crippen LogP contribution >= 0.6 is 0 Å². The first kappa shape index (κ1) is 63.0. The Kier molecular flexibility index (Phi) is 25.8. The zero-order chi connectivity index (χ0) is 59.2. The van der Waals surface area contributed by atoms with E-state index in [2.05, 4.69) is 152 Å². The third-order valence-electron chi connectivity index (χ3n) is 16.7. The van der Waals surface area contributed by atoms with Gasteiger partial charge in [-0.25, -0.2) is 0 Å². The number of aliphatic hydroxyl groups excluding tert-OH is 1. The molecule has 2 amide bonds. The van der Waals surface area contributed by atoms with Gasteiger partial charge in [-0.05, 0) is 200 Å². The van der Waals surface area contributed by atoms with Crippen molar-refractivity contribution in [3.63, 3.8) is 0 Å². The lowest BCUT2D eigenvalue weighted by molar-refractivity contribution is -0.127. The number of carbonyl (C=O) groups excluding carboxylic acids is 2. The van der Waals surface area contributed by atoms with Gasteiger partial charge in [-0.1, -0.05) is 133 Å². The van der Waals surface area contributed by atoms with Crippen LogP contribution in [-0.4, -0.2) is 109 Å². The third kappa shape index (κ3) is 21.8. The van der Waals surface area contributed by atoms with Crippen molar-refractivity contribution in [2.45, 2.75) is 127 Å². The average Bonchev–Trinajstić information content (AvgIpc) is 4.47. The van der Waals surface area contributed by atoms with Gasteiger partial charge >= 0.3 is 0 Å². The molecule has 3 saturated heterocycles. The summed E-state index contributed by atoms with van der Waals surface area (Å²) in [6, 6.07) is 62.5. The average molecular weight is 1160 g/mol. The van der Waals surface area contributed by atoms with Gasteiger partial charge in [0, 0.05) is 53.6 Å². The molecule has 12 nitrogen and oxygen atoms in total. The van der Waals surface area contributed by atoms with E-state index in [9.17, 15) is 14.7 Å². The maximum atomic E-state index is 13.4. The Morgan fingerprint density at radius 2 is 0.930 bits per heavy atom. The van der Waals surface area contributed by atoms with Gasteiger partial charge in [-0.2, -0.15) is 0 Å². The van der Waals surface area contributed by atoms with E-state index < -0.39 is 6.10 Å². The van der Waals surface area contributed by atoms with Crippen LogP contribution in [0.2, 0.25) is 0 Å². The van der Waals surface area contributed by atoms with Crippen molar-refractivity contribution in [2.24, 2.45) is 11.8 Å². The molecule has 86 heavy (non-hydrogen) atoms. The lowest BCUT2D eigenvalue weighted by atomic mass is 9.94. The van der Waals surface area contributed by atoms with Crippen molar-refractivity contribution in [2.75, 3.05) is 52.5 Å². The fraction of sp³-hybridized carbons (Fsp3) is 0.405. The molecule has 2 aromatic heterocycles. The highest BCUT2D eigenvalue weighted by atomic mass is 16.6. The monoisotopic (exact) mass is 1160 g/mol. The molecule has 2 atom stereocenters. The number of β-amino-alcohol motifs (C(OH)–C–C–N with tert-alkyl or cyclic N) is 1. The molecule has 3 aliphatic rings. The molecule has 11 rings (SSSR count). The second-order valence-electron chi connectivity index (χ2n) is 23.4. The number of hydrogen-bond donors (Lipinski definition) is 4. The van der Waals surface area contributed by atoms with Crippen LogP contribution in [0.1, 0.15) is 99.3 Å². The summed E-state index contributed by atoms with van der Waals surface area (Å²) >= 11 is 0. The summed E-state index contributed by atoms with van der Waals surface area (Å²) in [5.41, 5.74) is 7.32. The highest BCUT2D eigenvalue weighted by molar-refractivity contribution is 5.85. The maximum absolute atomic E-state index is 13.4. The zero-order valence-electron chi connectivity index (χ0n) is 50.2. The summed E-state index contributed by atoms with van der Waals surface area (Å²) in [6.45, 7) is 5.76. The number of hydrogen-bond acceptors (Lipinski definition) is 10. The molecule has 3 fully saturated rings. The molecule has 0 saturated carbocycles. The normalized spacial score (nSPS) is 15.7. The van der Waals surface area contributed by atoms with Crippen LogP contribution in [-0.2, 0) is 40.0 Å². The van der Waals surface area contributed by atoms with Gasteiger partial charge in [0.05, 0.1) is 17.6 Å². The molecule has 0 bridgehead atoms. The first-order valence-electron chi connectivity index (χ1n) is 31.8. The number of amides is 2. The summed E-state index contributed by atoms with van der Waals surface area (Å²) in [6.07, 6.45) is 19.5. The quantitative estimate of drug-likeness (QED) is 0.0349. The van der Waals surface area contributed by atoms with E-state index in [1.165, 1.54) is 22.3 Å². The fourth-order valence-corrected chi connectivity index (χ4v) is 11.8. The molecule has 8 aromatic rings. The number of aliphatic hydroxyl groups is 1. The van der Waals surface area contributed by atoms with E-state index in [4.69, 9.17) is 14.2 Å². The maximum Gasteiger partial charge on any atom is 0.223 e. The van der Waals surface area contributed by atoms with Gasteiger partial charge in [0.25, 0.3) is 0 Å². The number of piperidine rings is 2. The number of rotatable bonds is 28. The number of benzene rings is 6. The molecule has 0 unspecified atom stereocenters. The number of aromatic nitrogens is 2. The number of epoxide rings is 1. The summed E-state index contributed by atoms with van der Waals surface area (Å²) in [7, 11) is 0. The first-order chi connectivity index (χ1) is 42.4. The Morgan fingerprint density at radius 3 is 1.35 bits per heavy atom. The van der Waals surface area contributed by atoms with Crippen molar-refractivity contribution >= 4 is 33.6 Å². The minimum absolute atomic E-state index is 0.0265. The molecular weight excluding hydrogens is 1070 g/mol. The van der Waals surface area contributed by atoms with Gasteiger partial charge in [0.1, 0.15) is 36.9 Å². The van der Waals surface area contributed by atoms with E-state index in [1.807, 2.05) is 60.7 Å². The molecule has 0 aliphatic carbocycles. The topological polar surface area (TPSA) is 150 Å². The van der Waals surface area contributed by atoms with Gasteiger partial charge in [-0.15, -0.1) is 0 Å². The number of ether oxygens (including phenoxy) is 3. The second kappa shape index (κ2) is 35.2. The Hall–Kier alpha value is -7.48. The Morgan fingerprint density at radius 1 is 0.523 bits per heavy atom. The van der Waals surface area contributed by atoms with Crippen LogP contribution in [0.15, 0.2) is 194 Å². The minimum atomic E-state index is -0.601. The molecule has 0 spiro atoms. The van der Waals surface area contributed by atoms with Crippen molar-refractivity contribution in [1.82, 2.24) is 30.8 Å². The molecule has 452 valence electrons. The highest BCUT2D eigenvalue weighted by Crippen LogP contribution is 2.27. The number of fused-ring (bicyclic) bond motifs is 2. The van der Waals surface area contributed by atoms with E-state index in [0.717, 1.165) is 169 Å². The van der Waals surface area contributed by atoms with Crippen molar-refractivity contribution in [1.29, 1.82) is 0 Å². The summed E-state index contributed by atoms with van der Waals surface area (Å²) in [5.74, 6) is 2.30. The summed E-state index contributed by atoms with van der Waals surface area (Å²) in [4.78, 5) is 37.0. The van der Waals surface area contributed by atoms with E-state index in [1.54, 1.807) is 12.4 Å². The van der Waals surface area contributed by atoms with Crippen LogP contribution in [0.4, 0.5) is 0 Å². The molecule has 3 aliphatic heterocycles. The standard InChI is InChI=1S/C37H45N3O3.C25H34N2O.C12H11NO2/c41-33(28-43-36-21-9-20-35-34(36)19-10-24-38-35)27-40-25-22-31(23-26-40)37(42)39-32(17-7-15-29-11-3-1-4-12-29)18-8-16-30-13-5-2-6-14-30;28-25(23-17-19-26-20-18-23)27-24(15-7-13-21-9-3-1-4-10-21)16-8-14-22-11-5-2-6-12-22;1-4-11-10(3-2-6-13-11)12(5-1)15-8-9-7-14-9/h1-6,9-14,19-21,24,31-33,41H,7-8,15-18,22-23,25-28H2,(H,39,42);1-6,9-12,23-24,26H,7-8,13-20H2,(H,27,28);1-6,9H,7-8H2/t33-;;9-/m1.1/s1. The molecular formula is C74H90N6O6. The Labute approximate surface area is 510 Å². The van der Waals surface area contributed by atoms with Crippen LogP contribution in [0.25, 0.3) is 21.8 Å². The second-order valence-corrected chi connectivity index (χ2v) is 23.4. The highest BCUT2D eigenvalue weighted by Gasteiger charge is 2.28. The smallest absolute Gasteiger partial charge is 0.223 e. The van der Waals surface area contributed by atoms with E-state index >= 15 is 0 Å². The largest absolute Gasteiger partial charge is 0.490 e. The minimum Gasteiger partial charge on any atom is -0.490 e. The molecule has 12 heteroatoms. The van der Waals surface area contributed by atoms with Crippen molar-refractivity contribution in [3.8, 4) is 11.5 Å². The van der Waals surface area contributed by atoms with Crippen molar-refractivity contribution < 1.29 is 28.9 Å². The Balaban J connectivity index is 0.000000174. The number of nitrogens with zero attached hydrogens (tertiary/aromatic N) is 3. The lowest BCUT2D eigenvalue weighted by Gasteiger charge is -2.33. The predicted octanol–water partition coefficient (Wildman–Crippen LogP) is 12.7. The van der Waals surface area contributed by atoms with Crippen LogP contribution < -0.4 is 25.4 Å². The molecule has 4 N–H and O–H groups in total. The van der Waals surface area contributed by atoms with Gasteiger partial charge < -0.3 is 40.2 Å². The molecule has 5 heterocycles. The molecule has 6 aromatic carbocycles. The number of nitrogens with one attached hydrogen (secondary N) is 3. The summed E-state index contributed by atoms with van der Waals surface area (Å²) < 4.78 is 16.7. The van der Waals surface area contributed by atoms with Crippen LogP contribution in [0.5, 0.6) is 11.5 Å². The van der Waals surface area contributed by atoms with E-state index in [-0.39, 0.29) is 48.4 Å². The number of carbonyl (C=O) groups is 2. The fourth-order valence-electron chi connectivity index (χ4n) is 11.8. The van der Waals surface area contributed by atoms with Gasteiger partial charge in [-0.3, -0.25) is 19.6 Å². The Bertz CT molecular complexity index is 3090. The lowest BCUT2D eigenvalue weighted by Crippen LogP contribution is -2.46. The van der Waals surface area contributed by atoms with Crippen LogP contribution in [0.3, 0.4) is 0 Å². The third-order valence-corrected chi connectivity index (χ3v) is 16.7. The number of aryl methyl sites for hydroxylation is 4. The van der Waals surface area contributed by atoms with E-state index in [0.29, 0.717) is 13.2 Å².